The van der Waals surface area contributed by atoms with Gasteiger partial charge in [0.25, 0.3) is 0 Å². The summed E-state index contributed by atoms with van der Waals surface area (Å²) in [6.45, 7) is 0.854. The van der Waals surface area contributed by atoms with Gasteiger partial charge in [-0.25, -0.2) is 4.39 Å². The van der Waals surface area contributed by atoms with Gasteiger partial charge in [0.05, 0.1) is 0 Å². The lowest BCUT2D eigenvalue weighted by molar-refractivity contribution is 0.622. The zero-order chi connectivity index (χ0) is 11.7. The van der Waals surface area contributed by atoms with Gasteiger partial charge >= 0.3 is 0 Å². The van der Waals surface area contributed by atoms with Crippen LogP contribution in [0.1, 0.15) is 5.56 Å². The maximum Gasteiger partial charge on any atom is 0.124 e. The Morgan fingerprint density at radius 3 is 2.53 bits per heavy atom. The van der Waals surface area contributed by atoms with Crippen LogP contribution in [0.2, 0.25) is 0 Å². The van der Waals surface area contributed by atoms with E-state index in [0.29, 0.717) is 0 Å². The van der Waals surface area contributed by atoms with Crippen molar-refractivity contribution in [3.63, 3.8) is 0 Å². The molecule has 0 spiro atoms. The van der Waals surface area contributed by atoms with Gasteiger partial charge in [0.15, 0.2) is 0 Å². The fraction of sp³-hybridized carbons (Fsp3) is 0.0769. The third kappa shape index (κ3) is 2.49. The molecule has 3 rings (SSSR count). The van der Waals surface area contributed by atoms with E-state index in [0.717, 1.165) is 16.3 Å². The van der Waals surface area contributed by atoms with E-state index in [2.05, 4.69) is 15.8 Å². The van der Waals surface area contributed by atoms with Crippen molar-refractivity contribution in [2.24, 2.45) is 0 Å². The van der Waals surface area contributed by atoms with Crippen molar-refractivity contribution in [3.05, 3.63) is 59.9 Å². The van der Waals surface area contributed by atoms with E-state index in [9.17, 15) is 4.39 Å². The van der Waals surface area contributed by atoms with Gasteiger partial charge in [0.1, 0.15) is 5.82 Å². The molecule has 2 aromatic carbocycles. The molecule has 0 aliphatic carbocycles. The van der Waals surface area contributed by atoms with Crippen molar-refractivity contribution in [2.45, 2.75) is 16.3 Å². The molecule has 0 amide bonds. The first-order valence-corrected chi connectivity index (χ1v) is 6.83. The maximum atomic E-state index is 13.1. The molecule has 0 atom stereocenters. The van der Waals surface area contributed by atoms with Crippen LogP contribution in [0.3, 0.4) is 0 Å². The zero-order valence-electron chi connectivity index (χ0n) is 8.97. The predicted molar refractivity (Wildman–Crippen MR) is 70.1 cm³/mol. The minimum atomic E-state index is -0.168. The summed E-state index contributed by atoms with van der Waals surface area (Å²) in [5, 5.41) is 0. The van der Waals surface area contributed by atoms with Crippen LogP contribution in [0.25, 0.3) is 0 Å². The first-order chi connectivity index (χ1) is 8.31. The summed E-state index contributed by atoms with van der Waals surface area (Å²) in [7, 11) is 0. The van der Waals surface area contributed by atoms with Crippen molar-refractivity contribution < 1.29 is 4.39 Å². The van der Waals surface area contributed by atoms with Crippen LogP contribution in [0.5, 0.6) is 0 Å². The van der Waals surface area contributed by atoms with E-state index in [1.165, 1.54) is 11.6 Å². The summed E-state index contributed by atoms with van der Waals surface area (Å²) in [6, 6.07) is 15.2. The molecular formula is C13H10FNS2. The highest BCUT2D eigenvalue weighted by Gasteiger charge is 2.21. The van der Waals surface area contributed by atoms with Crippen molar-refractivity contribution in [1.29, 1.82) is 0 Å². The molecule has 86 valence electrons. The number of fused-ring (bicyclic) bond motifs is 1. The minimum Gasteiger partial charge on any atom is -0.207 e. The van der Waals surface area contributed by atoms with Crippen molar-refractivity contribution in [1.82, 2.24) is 3.71 Å². The summed E-state index contributed by atoms with van der Waals surface area (Å²) in [4.78, 5) is 2.14. The van der Waals surface area contributed by atoms with Crippen LogP contribution in [0.15, 0.2) is 58.3 Å². The van der Waals surface area contributed by atoms with E-state index in [4.69, 9.17) is 0 Å². The largest absolute Gasteiger partial charge is 0.207 e. The van der Waals surface area contributed by atoms with E-state index < -0.39 is 0 Å². The Bertz CT molecular complexity index is 530. The topological polar surface area (TPSA) is 3.24 Å². The number of hydrogen-bond donors (Lipinski definition) is 0. The average Bonchev–Trinajstić information content (AvgIpc) is 2.71. The van der Waals surface area contributed by atoms with Crippen molar-refractivity contribution >= 4 is 23.9 Å². The van der Waals surface area contributed by atoms with Gasteiger partial charge in [0.2, 0.25) is 0 Å². The Morgan fingerprint density at radius 1 is 0.941 bits per heavy atom. The van der Waals surface area contributed by atoms with Gasteiger partial charge < -0.3 is 0 Å². The molecule has 0 unspecified atom stereocenters. The van der Waals surface area contributed by atoms with E-state index in [1.54, 1.807) is 30.0 Å². The SMILES string of the molecule is Fc1ccc2c(c1)SN(Cc1ccccc1)S2. The summed E-state index contributed by atoms with van der Waals surface area (Å²) in [6.07, 6.45) is 0. The van der Waals surface area contributed by atoms with Gasteiger partial charge in [0, 0.05) is 16.3 Å². The molecule has 2 aromatic rings. The second kappa shape index (κ2) is 4.72. The minimum absolute atomic E-state index is 0.168. The molecule has 17 heavy (non-hydrogen) atoms. The van der Waals surface area contributed by atoms with Crippen molar-refractivity contribution in [3.8, 4) is 0 Å². The average molecular weight is 263 g/mol. The highest BCUT2D eigenvalue weighted by Crippen LogP contribution is 2.47. The van der Waals surface area contributed by atoms with E-state index in [-0.39, 0.29) is 5.82 Å². The van der Waals surface area contributed by atoms with Gasteiger partial charge in [-0.1, -0.05) is 30.3 Å². The Hall–Kier alpha value is -0.970. The standard InChI is InChI=1S/C13H10FNS2/c14-11-6-7-12-13(8-11)17-15(16-12)9-10-4-2-1-3-5-10/h1-8H,9H2. The summed E-state index contributed by atoms with van der Waals surface area (Å²) >= 11 is 3.27. The first-order valence-electron chi connectivity index (χ1n) is 5.28. The lowest BCUT2D eigenvalue weighted by Crippen LogP contribution is -2.01. The Labute approximate surface area is 108 Å². The molecule has 0 fully saturated rings. The highest BCUT2D eigenvalue weighted by atomic mass is 32.2. The molecule has 0 N–H and O–H groups in total. The second-order valence-electron chi connectivity index (χ2n) is 3.75. The summed E-state index contributed by atoms with van der Waals surface area (Å²) in [5.41, 5.74) is 1.26. The summed E-state index contributed by atoms with van der Waals surface area (Å²) in [5.74, 6) is -0.168. The zero-order valence-corrected chi connectivity index (χ0v) is 10.6. The molecule has 1 aliphatic heterocycles. The highest BCUT2D eigenvalue weighted by molar-refractivity contribution is 8.14. The van der Waals surface area contributed by atoms with Gasteiger partial charge in [-0.3, -0.25) is 0 Å². The monoisotopic (exact) mass is 263 g/mol. The number of benzene rings is 2. The number of hydrogen-bond acceptors (Lipinski definition) is 3. The molecule has 0 aromatic heterocycles. The lowest BCUT2D eigenvalue weighted by Gasteiger charge is -2.11. The van der Waals surface area contributed by atoms with Crippen LogP contribution in [-0.4, -0.2) is 3.71 Å². The molecule has 0 radical (unpaired) electrons. The Morgan fingerprint density at radius 2 is 1.71 bits per heavy atom. The fourth-order valence-electron chi connectivity index (χ4n) is 1.66. The Balaban J connectivity index is 1.74. The van der Waals surface area contributed by atoms with Crippen LogP contribution in [0.4, 0.5) is 4.39 Å². The number of rotatable bonds is 2. The Kier molecular flexibility index (Phi) is 3.09. The van der Waals surface area contributed by atoms with Crippen LogP contribution < -0.4 is 0 Å². The molecule has 4 heteroatoms. The molecule has 0 saturated carbocycles. The quantitative estimate of drug-likeness (QED) is 0.741. The molecular weight excluding hydrogens is 253 g/mol. The third-order valence-electron chi connectivity index (χ3n) is 2.46. The van der Waals surface area contributed by atoms with Crippen LogP contribution in [-0.2, 0) is 6.54 Å². The van der Waals surface area contributed by atoms with Gasteiger partial charge in [-0.05, 0) is 47.7 Å². The smallest absolute Gasteiger partial charge is 0.124 e. The van der Waals surface area contributed by atoms with Crippen LogP contribution >= 0.6 is 23.9 Å². The molecule has 0 saturated heterocycles. The second-order valence-corrected chi connectivity index (χ2v) is 6.11. The molecule has 1 heterocycles. The first kappa shape index (κ1) is 11.1. The van der Waals surface area contributed by atoms with E-state index >= 15 is 0 Å². The third-order valence-corrected chi connectivity index (χ3v) is 4.79. The molecule has 1 nitrogen and oxygen atoms in total. The summed E-state index contributed by atoms with van der Waals surface area (Å²) < 4.78 is 15.2. The van der Waals surface area contributed by atoms with Gasteiger partial charge in [-0.2, -0.15) is 3.71 Å². The molecule has 0 bridgehead atoms. The lowest BCUT2D eigenvalue weighted by atomic mass is 10.2. The molecule has 1 aliphatic rings. The number of halogens is 1. The predicted octanol–water partition coefficient (Wildman–Crippen LogP) is 4.36. The van der Waals surface area contributed by atoms with Crippen molar-refractivity contribution in [2.75, 3.05) is 0 Å². The fourth-order valence-corrected chi connectivity index (χ4v) is 3.99. The maximum absolute atomic E-state index is 13.1. The normalized spacial score (nSPS) is 14.9. The van der Waals surface area contributed by atoms with Gasteiger partial charge in [-0.15, -0.1) is 0 Å². The number of nitrogens with zero attached hydrogens (tertiary/aromatic N) is 1. The van der Waals surface area contributed by atoms with E-state index in [1.807, 2.05) is 24.3 Å². The van der Waals surface area contributed by atoms with Crippen LogP contribution in [0, 0.1) is 5.82 Å².